The Kier molecular flexibility index (Phi) is 3.14. The fourth-order valence-corrected chi connectivity index (χ4v) is 1.83. The van der Waals surface area contributed by atoms with E-state index in [1.54, 1.807) is 0 Å². The topological polar surface area (TPSA) is 93.5 Å². The second-order valence-electron chi connectivity index (χ2n) is 4.03. The minimum absolute atomic E-state index is 0.182. The van der Waals surface area contributed by atoms with Crippen molar-refractivity contribution in [3.8, 4) is 0 Å². The number of rotatable bonds is 3. The molecule has 1 saturated heterocycles. The molecule has 2 N–H and O–H groups in total. The third kappa shape index (κ3) is 2.17. The van der Waals surface area contributed by atoms with Gasteiger partial charge in [-0.15, -0.1) is 0 Å². The number of hydrogen-bond acceptors (Lipinski definition) is 5. The molecule has 0 spiro atoms. The van der Waals surface area contributed by atoms with E-state index in [4.69, 9.17) is 9.47 Å². The van der Waals surface area contributed by atoms with Crippen LogP contribution in [0.5, 0.6) is 0 Å². The van der Waals surface area contributed by atoms with E-state index >= 15 is 0 Å². The highest BCUT2D eigenvalue weighted by Crippen LogP contribution is 2.32. The number of aromatic amines is 1. The number of methoxy groups -OCH3 is 1. The first kappa shape index (κ1) is 12.0. The first-order chi connectivity index (χ1) is 8.10. The SMILES string of the molecule is CO[C@@]1(CO)CO[C@@H](n2ccc(=O)[nH]c2=O)C1. The van der Waals surface area contributed by atoms with Crippen LogP contribution in [0.4, 0.5) is 0 Å². The summed E-state index contributed by atoms with van der Waals surface area (Å²) >= 11 is 0. The molecule has 1 fully saturated rings. The number of aliphatic hydroxyl groups excluding tert-OH is 1. The van der Waals surface area contributed by atoms with Gasteiger partial charge in [0.15, 0.2) is 0 Å². The Morgan fingerprint density at radius 1 is 1.71 bits per heavy atom. The average Bonchev–Trinajstić information content (AvgIpc) is 2.74. The van der Waals surface area contributed by atoms with Crippen LogP contribution in [0.2, 0.25) is 0 Å². The quantitative estimate of drug-likeness (QED) is 0.696. The average molecular weight is 242 g/mol. The van der Waals surface area contributed by atoms with E-state index in [1.807, 2.05) is 0 Å². The van der Waals surface area contributed by atoms with Gasteiger partial charge in [0.05, 0.1) is 13.2 Å². The molecule has 1 aliphatic heterocycles. The lowest BCUT2D eigenvalue weighted by Gasteiger charge is -2.22. The summed E-state index contributed by atoms with van der Waals surface area (Å²) in [6.07, 6.45) is 1.19. The van der Waals surface area contributed by atoms with Crippen LogP contribution in [0.25, 0.3) is 0 Å². The van der Waals surface area contributed by atoms with Gasteiger partial charge in [0.2, 0.25) is 0 Å². The summed E-state index contributed by atoms with van der Waals surface area (Å²) in [6.45, 7) is 0.0222. The zero-order valence-corrected chi connectivity index (χ0v) is 9.38. The van der Waals surface area contributed by atoms with Crippen LogP contribution in [0.1, 0.15) is 12.6 Å². The summed E-state index contributed by atoms with van der Waals surface area (Å²) in [7, 11) is 1.48. The van der Waals surface area contributed by atoms with Crippen LogP contribution >= 0.6 is 0 Å². The lowest BCUT2D eigenvalue weighted by molar-refractivity contribution is -0.0557. The Bertz CT molecular complexity index is 502. The molecule has 17 heavy (non-hydrogen) atoms. The van der Waals surface area contributed by atoms with Crippen molar-refractivity contribution in [2.75, 3.05) is 20.3 Å². The summed E-state index contributed by atoms with van der Waals surface area (Å²) in [5, 5.41) is 9.24. The van der Waals surface area contributed by atoms with Gasteiger partial charge >= 0.3 is 5.69 Å². The van der Waals surface area contributed by atoms with Crippen molar-refractivity contribution in [3.63, 3.8) is 0 Å². The highest BCUT2D eigenvalue weighted by atomic mass is 16.6. The molecule has 0 aromatic carbocycles. The summed E-state index contributed by atoms with van der Waals surface area (Å²) in [5.74, 6) is 0. The molecule has 7 nitrogen and oxygen atoms in total. The molecule has 94 valence electrons. The molecule has 0 saturated carbocycles. The molecule has 1 aliphatic rings. The number of aromatic nitrogens is 2. The van der Waals surface area contributed by atoms with Gasteiger partial charge in [-0.2, -0.15) is 0 Å². The van der Waals surface area contributed by atoms with Gasteiger partial charge in [-0.05, 0) is 0 Å². The Morgan fingerprint density at radius 3 is 3.00 bits per heavy atom. The Hall–Kier alpha value is -1.44. The fourth-order valence-electron chi connectivity index (χ4n) is 1.83. The van der Waals surface area contributed by atoms with E-state index in [0.717, 1.165) is 0 Å². The van der Waals surface area contributed by atoms with Gasteiger partial charge in [0.25, 0.3) is 5.56 Å². The molecule has 0 bridgehead atoms. The monoisotopic (exact) mass is 242 g/mol. The summed E-state index contributed by atoms with van der Waals surface area (Å²) in [4.78, 5) is 24.6. The lowest BCUT2D eigenvalue weighted by Crippen LogP contribution is -2.37. The van der Waals surface area contributed by atoms with Crippen molar-refractivity contribution < 1.29 is 14.6 Å². The highest BCUT2D eigenvalue weighted by Gasteiger charge is 2.41. The maximum absolute atomic E-state index is 11.5. The van der Waals surface area contributed by atoms with Crippen LogP contribution in [0, 0.1) is 0 Å². The number of H-pyrrole nitrogens is 1. The van der Waals surface area contributed by atoms with Gasteiger partial charge in [-0.1, -0.05) is 0 Å². The number of nitrogens with zero attached hydrogens (tertiary/aromatic N) is 1. The van der Waals surface area contributed by atoms with Crippen LogP contribution < -0.4 is 11.2 Å². The molecular formula is C10H14N2O5. The summed E-state index contributed by atoms with van der Waals surface area (Å²) in [6, 6.07) is 1.25. The normalized spacial score (nSPS) is 28.5. The van der Waals surface area contributed by atoms with Crippen LogP contribution in [0.3, 0.4) is 0 Å². The molecule has 1 aromatic heterocycles. The summed E-state index contributed by atoms with van der Waals surface area (Å²) < 4.78 is 11.9. The Labute approximate surface area is 96.6 Å². The van der Waals surface area contributed by atoms with Gasteiger partial charge in [0.1, 0.15) is 11.8 Å². The van der Waals surface area contributed by atoms with Crippen molar-refractivity contribution in [1.82, 2.24) is 9.55 Å². The zero-order valence-electron chi connectivity index (χ0n) is 9.38. The smallest absolute Gasteiger partial charge is 0.330 e. The molecule has 0 radical (unpaired) electrons. The summed E-state index contributed by atoms with van der Waals surface area (Å²) in [5.41, 5.74) is -1.77. The van der Waals surface area contributed by atoms with Crippen LogP contribution in [-0.4, -0.2) is 40.6 Å². The van der Waals surface area contributed by atoms with E-state index in [9.17, 15) is 14.7 Å². The third-order valence-electron chi connectivity index (χ3n) is 2.97. The molecule has 2 atom stereocenters. The van der Waals surface area contributed by atoms with Gasteiger partial charge in [-0.25, -0.2) is 4.79 Å². The van der Waals surface area contributed by atoms with E-state index in [-0.39, 0.29) is 13.2 Å². The minimum atomic E-state index is -0.778. The Morgan fingerprint density at radius 2 is 2.47 bits per heavy atom. The molecule has 0 aliphatic carbocycles. The molecule has 2 rings (SSSR count). The Balaban J connectivity index is 2.26. The molecule has 7 heteroatoms. The van der Waals surface area contributed by atoms with Gasteiger partial charge < -0.3 is 14.6 Å². The maximum Gasteiger partial charge on any atom is 0.330 e. The fraction of sp³-hybridized carbons (Fsp3) is 0.600. The van der Waals surface area contributed by atoms with Gasteiger partial charge in [0, 0.05) is 25.8 Å². The van der Waals surface area contributed by atoms with E-state index in [1.165, 1.54) is 23.9 Å². The van der Waals surface area contributed by atoms with E-state index in [2.05, 4.69) is 4.98 Å². The first-order valence-electron chi connectivity index (χ1n) is 5.19. The van der Waals surface area contributed by atoms with Crippen LogP contribution in [0.15, 0.2) is 21.9 Å². The number of nitrogens with one attached hydrogen (secondary N) is 1. The van der Waals surface area contributed by atoms with E-state index in [0.29, 0.717) is 6.42 Å². The van der Waals surface area contributed by atoms with Crippen LogP contribution in [-0.2, 0) is 9.47 Å². The standard InChI is InChI=1S/C10H14N2O5/c1-16-10(5-13)4-8(17-6-10)12-3-2-7(14)11-9(12)15/h2-3,8,13H,4-6H2,1H3,(H,11,14,15)/t8-,10+/m1/s1. The molecular weight excluding hydrogens is 228 g/mol. The van der Waals surface area contributed by atoms with Crippen molar-refractivity contribution in [2.24, 2.45) is 0 Å². The maximum atomic E-state index is 11.5. The largest absolute Gasteiger partial charge is 0.393 e. The second-order valence-corrected chi connectivity index (χ2v) is 4.03. The van der Waals surface area contributed by atoms with E-state index < -0.39 is 23.1 Å². The van der Waals surface area contributed by atoms with Crippen molar-refractivity contribution in [2.45, 2.75) is 18.2 Å². The first-order valence-corrected chi connectivity index (χ1v) is 5.19. The number of hydrogen-bond donors (Lipinski definition) is 2. The van der Waals surface area contributed by atoms with Crippen molar-refractivity contribution >= 4 is 0 Å². The lowest BCUT2D eigenvalue weighted by atomic mass is 10.0. The molecule has 2 heterocycles. The number of aliphatic hydroxyl groups is 1. The molecule has 0 amide bonds. The number of ether oxygens (including phenoxy) is 2. The van der Waals surface area contributed by atoms with Gasteiger partial charge in [-0.3, -0.25) is 14.3 Å². The highest BCUT2D eigenvalue weighted by molar-refractivity contribution is 4.91. The zero-order chi connectivity index (χ0) is 12.5. The molecule has 1 aromatic rings. The second kappa shape index (κ2) is 4.44. The minimum Gasteiger partial charge on any atom is -0.393 e. The predicted molar refractivity (Wildman–Crippen MR) is 57.8 cm³/mol. The van der Waals surface area contributed by atoms with Crippen molar-refractivity contribution in [1.29, 1.82) is 0 Å². The third-order valence-corrected chi connectivity index (χ3v) is 2.97. The predicted octanol–water partition coefficient (Wildman–Crippen LogP) is -1.17. The van der Waals surface area contributed by atoms with Crippen molar-refractivity contribution in [3.05, 3.63) is 33.1 Å². The molecule has 0 unspecified atom stereocenters.